The Kier molecular flexibility index (Phi) is 28.8. The first-order chi connectivity index (χ1) is 23.9. The van der Waals surface area contributed by atoms with Gasteiger partial charge in [0.05, 0.1) is 5.92 Å². The lowest BCUT2D eigenvalue weighted by atomic mass is 10.0. The number of ether oxygens (including phenoxy) is 2. The van der Waals surface area contributed by atoms with Gasteiger partial charge in [0.1, 0.15) is 6.04 Å². The van der Waals surface area contributed by atoms with Crippen LogP contribution in [0.1, 0.15) is 116 Å². The summed E-state index contributed by atoms with van der Waals surface area (Å²) < 4.78 is 11.1. The highest BCUT2D eigenvalue weighted by Gasteiger charge is 2.20. The zero-order chi connectivity index (χ0) is 37.4. The lowest BCUT2D eigenvalue weighted by Crippen LogP contribution is -2.45. The first kappa shape index (κ1) is 46.2. The Hall–Kier alpha value is -3.79. The van der Waals surface area contributed by atoms with E-state index in [4.69, 9.17) is 25.4 Å². The van der Waals surface area contributed by atoms with Crippen molar-refractivity contribution in [2.45, 2.75) is 122 Å². The van der Waals surface area contributed by atoms with Crippen LogP contribution in [0.5, 0.6) is 0 Å². The first-order valence-electron chi connectivity index (χ1n) is 17.9. The molecular formula is C34H61N5O11. The number of rotatable bonds is 34. The number of carboxylic acids is 2. The summed E-state index contributed by atoms with van der Waals surface area (Å²) in [7, 11) is 0. The maximum atomic E-state index is 12.2. The molecule has 0 aromatic heterocycles. The summed E-state index contributed by atoms with van der Waals surface area (Å²) in [5, 5.41) is 28.2. The second-order valence-corrected chi connectivity index (χ2v) is 12.3. The minimum Gasteiger partial charge on any atom is -0.481 e. The highest BCUT2D eigenvalue weighted by atomic mass is 16.5. The van der Waals surface area contributed by atoms with Crippen LogP contribution < -0.4 is 27.0 Å². The standard InChI is InChI=1S/C34H61N5O11/c1-26(34(47)48)12-6-7-19-36-29(41)16-15-27(33(35)46)39-31(43)18-17-30(42)38-21-11-25-50-23-9-8-22-49-24-10-20-37-28(40)13-4-2-3-5-14-32(44)45/h26-27H,2-25H2,1H3,(H2,35,46)(H,36,41)(H,37,40)(H,38,42)(H,39,43)(H,44,45)(H,47,48)/t26-,27-/m0/s1. The number of unbranched alkanes of at least 4 members (excludes halogenated alkanes) is 5. The van der Waals surface area contributed by atoms with E-state index in [2.05, 4.69) is 21.3 Å². The summed E-state index contributed by atoms with van der Waals surface area (Å²) >= 11 is 0. The van der Waals surface area contributed by atoms with E-state index in [1.54, 1.807) is 6.92 Å². The topological polar surface area (TPSA) is 253 Å². The Morgan fingerprint density at radius 3 is 1.56 bits per heavy atom. The highest BCUT2D eigenvalue weighted by molar-refractivity contribution is 5.89. The number of nitrogens with one attached hydrogen (secondary N) is 4. The van der Waals surface area contributed by atoms with Crippen LogP contribution in [0.2, 0.25) is 0 Å². The minimum absolute atomic E-state index is 0.00525. The molecule has 0 saturated carbocycles. The highest BCUT2D eigenvalue weighted by Crippen LogP contribution is 2.08. The van der Waals surface area contributed by atoms with Crippen molar-refractivity contribution >= 4 is 41.5 Å². The van der Waals surface area contributed by atoms with Crippen molar-refractivity contribution in [1.82, 2.24) is 21.3 Å². The Labute approximate surface area is 295 Å². The van der Waals surface area contributed by atoms with Gasteiger partial charge in [0.25, 0.3) is 0 Å². The molecule has 0 heterocycles. The third-order valence-electron chi connectivity index (χ3n) is 7.67. The summed E-state index contributed by atoms with van der Waals surface area (Å²) in [5.41, 5.74) is 5.36. The maximum Gasteiger partial charge on any atom is 0.306 e. The molecule has 0 aromatic carbocycles. The van der Waals surface area contributed by atoms with Crippen LogP contribution >= 0.6 is 0 Å². The number of carbonyl (C=O) groups is 7. The van der Waals surface area contributed by atoms with Crippen molar-refractivity contribution in [3.05, 3.63) is 0 Å². The maximum absolute atomic E-state index is 12.2. The van der Waals surface area contributed by atoms with Gasteiger partial charge >= 0.3 is 11.9 Å². The van der Waals surface area contributed by atoms with Gasteiger partial charge in [-0.05, 0) is 57.8 Å². The Bertz CT molecular complexity index is 1010. The minimum atomic E-state index is -1.04. The lowest BCUT2D eigenvalue weighted by Gasteiger charge is -2.15. The van der Waals surface area contributed by atoms with Crippen molar-refractivity contribution in [3.8, 4) is 0 Å². The van der Waals surface area contributed by atoms with Gasteiger partial charge in [0.15, 0.2) is 0 Å². The number of carboxylic acid groups (broad SMARTS) is 2. The predicted octanol–water partition coefficient (Wildman–Crippen LogP) is 1.78. The van der Waals surface area contributed by atoms with Crippen LogP contribution in [0, 0.1) is 5.92 Å². The summed E-state index contributed by atoms with van der Waals surface area (Å²) in [6, 6.07) is -1.04. The van der Waals surface area contributed by atoms with E-state index in [0.717, 1.165) is 38.5 Å². The van der Waals surface area contributed by atoms with E-state index >= 15 is 0 Å². The van der Waals surface area contributed by atoms with Crippen LogP contribution in [-0.2, 0) is 43.0 Å². The van der Waals surface area contributed by atoms with E-state index in [1.165, 1.54) is 0 Å². The van der Waals surface area contributed by atoms with Crippen molar-refractivity contribution in [3.63, 3.8) is 0 Å². The molecule has 288 valence electrons. The zero-order valence-corrected chi connectivity index (χ0v) is 29.8. The van der Waals surface area contributed by atoms with E-state index in [0.29, 0.717) is 84.6 Å². The fourth-order valence-corrected chi connectivity index (χ4v) is 4.58. The summed E-state index contributed by atoms with van der Waals surface area (Å²) in [4.78, 5) is 81.2. The van der Waals surface area contributed by atoms with Crippen LogP contribution in [-0.4, -0.2) is 104 Å². The van der Waals surface area contributed by atoms with E-state index in [1.807, 2.05) is 0 Å². The van der Waals surface area contributed by atoms with Gasteiger partial charge < -0.3 is 46.7 Å². The molecule has 16 heteroatoms. The molecule has 2 atom stereocenters. The van der Waals surface area contributed by atoms with Crippen molar-refractivity contribution < 1.29 is 53.2 Å². The SMILES string of the molecule is C[C@@H](CCCCNC(=O)CC[C@H](NC(=O)CCC(=O)NCCCOCCCCOCCCNC(=O)CCCCCCC(=O)O)C(N)=O)C(=O)O. The van der Waals surface area contributed by atoms with Gasteiger partial charge in [0, 0.05) is 78.2 Å². The Morgan fingerprint density at radius 1 is 0.540 bits per heavy atom. The van der Waals surface area contributed by atoms with Crippen molar-refractivity contribution in [2.75, 3.05) is 46.1 Å². The molecule has 0 aliphatic carbocycles. The molecule has 0 aromatic rings. The van der Waals surface area contributed by atoms with E-state index in [-0.39, 0.29) is 49.8 Å². The first-order valence-corrected chi connectivity index (χ1v) is 17.9. The molecular weight excluding hydrogens is 654 g/mol. The number of hydrogen-bond donors (Lipinski definition) is 7. The third kappa shape index (κ3) is 30.3. The summed E-state index contributed by atoms with van der Waals surface area (Å²) in [6.07, 6.45) is 8.30. The number of carbonyl (C=O) groups excluding carboxylic acids is 5. The lowest BCUT2D eigenvalue weighted by molar-refractivity contribution is -0.141. The van der Waals surface area contributed by atoms with Gasteiger partial charge in [-0.1, -0.05) is 26.2 Å². The van der Waals surface area contributed by atoms with E-state index < -0.39 is 35.7 Å². The molecule has 0 aliphatic heterocycles. The fraction of sp³-hybridized carbons (Fsp3) is 0.794. The number of aliphatic carboxylic acids is 2. The summed E-state index contributed by atoms with van der Waals surface area (Å²) in [6.45, 7) is 5.17. The second kappa shape index (κ2) is 31.2. The molecule has 0 unspecified atom stereocenters. The molecule has 5 amide bonds. The smallest absolute Gasteiger partial charge is 0.306 e. The fourth-order valence-electron chi connectivity index (χ4n) is 4.58. The average molecular weight is 716 g/mol. The van der Waals surface area contributed by atoms with Gasteiger partial charge in [-0.3, -0.25) is 33.6 Å². The molecule has 0 saturated heterocycles. The largest absolute Gasteiger partial charge is 0.481 e. The molecule has 0 radical (unpaired) electrons. The van der Waals surface area contributed by atoms with Crippen LogP contribution in [0.3, 0.4) is 0 Å². The van der Waals surface area contributed by atoms with Crippen LogP contribution in [0.15, 0.2) is 0 Å². The molecule has 8 N–H and O–H groups in total. The molecule has 0 aliphatic rings. The monoisotopic (exact) mass is 715 g/mol. The average Bonchev–Trinajstić information content (AvgIpc) is 3.06. The zero-order valence-electron chi connectivity index (χ0n) is 29.8. The summed E-state index contributed by atoms with van der Waals surface area (Å²) in [5.74, 6) is -3.99. The predicted molar refractivity (Wildman–Crippen MR) is 185 cm³/mol. The Balaban J connectivity index is 3.70. The Morgan fingerprint density at radius 2 is 1.02 bits per heavy atom. The van der Waals surface area contributed by atoms with Gasteiger partial charge in [0.2, 0.25) is 29.5 Å². The molecule has 0 fully saturated rings. The van der Waals surface area contributed by atoms with Gasteiger partial charge in [-0.2, -0.15) is 0 Å². The molecule has 16 nitrogen and oxygen atoms in total. The normalized spacial score (nSPS) is 12.0. The molecule has 0 rings (SSSR count). The number of amides is 5. The number of hydrogen-bond acceptors (Lipinski definition) is 9. The van der Waals surface area contributed by atoms with Crippen LogP contribution in [0.25, 0.3) is 0 Å². The van der Waals surface area contributed by atoms with Gasteiger partial charge in [-0.15, -0.1) is 0 Å². The second-order valence-electron chi connectivity index (χ2n) is 12.3. The van der Waals surface area contributed by atoms with Gasteiger partial charge in [-0.25, -0.2) is 0 Å². The van der Waals surface area contributed by atoms with Crippen LogP contribution in [0.4, 0.5) is 0 Å². The molecule has 50 heavy (non-hydrogen) atoms. The third-order valence-corrected chi connectivity index (χ3v) is 7.67. The number of nitrogens with two attached hydrogens (primary N) is 1. The molecule has 0 spiro atoms. The van der Waals surface area contributed by atoms with Crippen molar-refractivity contribution in [2.24, 2.45) is 11.7 Å². The quantitative estimate of drug-likeness (QED) is 0.0473. The van der Waals surface area contributed by atoms with E-state index in [9.17, 15) is 33.6 Å². The van der Waals surface area contributed by atoms with Crippen molar-refractivity contribution in [1.29, 1.82) is 0 Å². The number of primary amides is 1. The molecule has 0 bridgehead atoms.